The molecule has 0 saturated carbocycles. The maximum Gasteiger partial charge on any atom is 0.0634 e. The minimum atomic E-state index is 1.09. The van der Waals surface area contributed by atoms with Gasteiger partial charge in [0.15, 0.2) is 0 Å². The third-order valence-electron chi connectivity index (χ3n) is 1.36. The Kier molecular flexibility index (Phi) is 0.803. The van der Waals surface area contributed by atoms with E-state index in [4.69, 9.17) is 0 Å². The van der Waals surface area contributed by atoms with E-state index < -0.39 is 0 Å². The molecular formula is C7H6N2. The molecule has 2 rings (SSSR count). The van der Waals surface area contributed by atoms with Gasteiger partial charge in [-0.2, -0.15) is 5.10 Å². The first-order valence-electron chi connectivity index (χ1n) is 2.85. The van der Waals surface area contributed by atoms with Crippen LogP contribution in [0.4, 0.5) is 0 Å². The Bertz CT molecular complexity index is 247. The molecule has 9 heavy (non-hydrogen) atoms. The van der Waals surface area contributed by atoms with Crippen LogP contribution in [0.15, 0.2) is 30.5 Å². The van der Waals surface area contributed by atoms with Crippen LogP contribution in [0.25, 0.3) is 11.3 Å². The molecule has 2 nitrogen and oxygen atoms in total. The van der Waals surface area contributed by atoms with Gasteiger partial charge in [-0.1, -0.05) is 12.1 Å². The van der Waals surface area contributed by atoms with Crippen molar-refractivity contribution in [1.29, 1.82) is 0 Å². The van der Waals surface area contributed by atoms with E-state index in [-0.39, 0.29) is 0 Å². The first-order chi connectivity index (χ1) is 4.47. The molecule has 0 fully saturated rings. The summed E-state index contributed by atoms with van der Waals surface area (Å²) in [6.45, 7) is 0. The van der Waals surface area contributed by atoms with E-state index in [0.29, 0.717) is 0 Å². The fraction of sp³-hybridized carbons (Fsp3) is 0. The Morgan fingerprint density at radius 3 is 3.11 bits per heavy atom. The lowest BCUT2D eigenvalue weighted by Crippen LogP contribution is -1.81. The summed E-state index contributed by atoms with van der Waals surface area (Å²) in [5.41, 5.74) is 2.31. The lowest BCUT2D eigenvalue weighted by atomic mass is 10.3. The number of hydrogen-bond acceptors (Lipinski definition) is 1. The summed E-state index contributed by atoms with van der Waals surface area (Å²) in [6.07, 6.45) is 1.75. The van der Waals surface area contributed by atoms with E-state index in [1.807, 2.05) is 24.3 Å². The van der Waals surface area contributed by atoms with Crippen LogP contribution < -0.4 is 0 Å². The first kappa shape index (κ1) is 4.56. The largest absolute Gasteiger partial charge is 0.278 e. The molecule has 1 heterocycles. The average molecular weight is 118 g/mol. The van der Waals surface area contributed by atoms with Gasteiger partial charge >= 0.3 is 0 Å². The van der Waals surface area contributed by atoms with Gasteiger partial charge in [0.1, 0.15) is 0 Å². The van der Waals surface area contributed by atoms with E-state index in [1.165, 1.54) is 5.56 Å². The number of aromatic nitrogens is 2. The predicted octanol–water partition coefficient (Wildman–Crippen LogP) is 1.51. The Balaban J connectivity index is 2.79. The second-order valence-electron chi connectivity index (χ2n) is 1.95. The van der Waals surface area contributed by atoms with Crippen LogP contribution in [0.3, 0.4) is 0 Å². The van der Waals surface area contributed by atoms with Crippen LogP contribution in [0.2, 0.25) is 0 Å². The highest BCUT2D eigenvalue weighted by molar-refractivity contribution is 5.60. The van der Waals surface area contributed by atoms with Gasteiger partial charge in [0.2, 0.25) is 0 Å². The third kappa shape index (κ3) is 0.598. The first-order valence-corrected chi connectivity index (χ1v) is 2.85. The molecule has 0 spiro atoms. The van der Waals surface area contributed by atoms with Crippen molar-refractivity contribution in [1.82, 2.24) is 10.2 Å². The lowest BCUT2D eigenvalue weighted by Gasteiger charge is -1.92. The predicted molar refractivity (Wildman–Crippen MR) is 35.2 cm³/mol. The van der Waals surface area contributed by atoms with Crippen molar-refractivity contribution in [3.63, 3.8) is 0 Å². The summed E-state index contributed by atoms with van der Waals surface area (Å²) in [7, 11) is 0. The van der Waals surface area contributed by atoms with Crippen LogP contribution in [0.1, 0.15) is 0 Å². The van der Waals surface area contributed by atoms with Crippen molar-refractivity contribution >= 4 is 0 Å². The number of nitrogens with one attached hydrogen (secondary N) is 1. The molecule has 44 valence electrons. The smallest absolute Gasteiger partial charge is 0.0634 e. The Morgan fingerprint density at radius 1 is 1.22 bits per heavy atom. The molecule has 2 aliphatic rings. The monoisotopic (exact) mass is 118 g/mol. The summed E-state index contributed by atoms with van der Waals surface area (Å²) in [5.74, 6) is 0. The molecule has 1 aliphatic carbocycles. The highest BCUT2D eigenvalue weighted by atomic mass is 15.1. The summed E-state index contributed by atoms with van der Waals surface area (Å²) in [6, 6.07) is 8.03. The van der Waals surface area contributed by atoms with Gasteiger partial charge in [-0.15, -0.1) is 0 Å². The van der Waals surface area contributed by atoms with Crippen molar-refractivity contribution < 1.29 is 0 Å². The fourth-order valence-electron chi connectivity index (χ4n) is 0.906. The van der Waals surface area contributed by atoms with Crippen LogP contribution in [0, 0.1) is 0 Å². The van der Waals surface area contributed by atoms with E-state index in [2.05, 4.69) is 10.2 Å². The van der Waals surface area contributed by atoms with Crippen LogP contribution in [0.5, 0.6) is 0 Å². The summed E-state index contributed by atoms with van der Waals surface area (Å²) >= 11 is 0. The molecule has 0 saturated heterocycles. The molecule has 0 aromatic carbocycles. The molecule has 0 atom stereocenters. The molecule has 0 bridgehead atoms. The molecule has 1 N–H and O–H groups in total. The van der Waals surface area contributed by atoms with E-state index >= 15 is 0 Å². The number of rotatable bonds is 0. The standard InChI is InChI=1S/C7H6N2/c1-2-6-4-5-8-9-7(6)3-1/h1-5,9H. The van der Waals surface area contributed by atoms with Crippen molar-refractivity contribution in [2.45, 2.75) is 0 Å². The molecule has 0 radical (unpaired) electrons. The van der Waals surface area contributed by atoms with Crippen LogP contribution >= 0.6 is 0 Å². The van der Waals surface area contributed by atoms with Gasteiger partial charge < -0.3 is 0 Å². The second kappa shape index (κ2) is 1.58. The van der Waals surface area contributed by atoms with Gasteiger partial charge in [-0.25, -0.2) is 0 Å². The van der Waals surface area contributed by atoms with Crippen molar-refractivity contribution in [2.75, 3.05) is 0 Å². The maximum absolute atomic E-state index is 3.86. The van der Waals surface area contributed by atoms with Gasteiger partial charge in [-0.3, -0.25) is 5.10 Å². The van der Waals surface area contributed by atoms with E-state index in [1.54, 1.807) is 6.20 Å². The number of hydrogen-bond donors (Lipinski definition) is 1. The molecular weight excluding hydrogens is 112 g/mol. The summed E-state index contributed by atoms with van der Waals surface area (Å²) in [5, 5.41) is 6.74. The number of H-pyrrole nitrogens is 1. The highest BCUT2D eigenvalue weighted by Gasteiger charge is 1.96. The van der Waals surface area contributed by atoms with E-state index in [0.717, 1.165) is 5.69 Å². The number of fused-ring (bicyclic) bond motifs is 1. The Labute approximate surface area is 52.9 Å². The van der Waals surface area contributed by atoms with Gasteiger partial charge in [0, 0.05) is 11.8 Å². The quantitative estimate of drug-likeness (QED) is 0.558. The van der Waals surface area contributed by atoms with Gasteiger partial charge in [-0.05, 0) is 12.1 Å². The Hall–Kier alpha value is -1.31. The van der Waals surface area contributed by atoms with Crippen molar-refractivity contribution in [3.8, 4) is 11.3 Å². The molecule has 1 aliphatic heterocycles. The van der Waals surface area contributed by atoms with Crippen molar-refractivity contribution in [2.24, 2.45) is 0 Å². The molecule has 0 amide bonds. The lowest BCUT2D eigenvalue weighted by molar-refractivity contribution is 1.04. The molecule has 2 heteroatoms. The summed E-state index contributed by atoms with van der Waals surface area (Å²) < 4.78 is 0. The SMILES string of the molecule is c1cc2ccn[nH]c-2c1. The van der Waals surface area contributed by atoms with Crippen LogP contribution in [-0.4, -0.2) is 10.2 Å². The third-order valence-corrected chi connectivity index (χ3v) is 1.36. The second-order valence-corrected chi connectivity index (χ2v) is 1.95. The van der Waals surface area contributed by atoms with Gasteiger partial charge in [0.25, 0.3) is 0 Å². The average Bonchev–Trinajstić information content (AvgIpc) is 2.33. The zero-order valence-corrected chi connectivity index (χ0v) is 4.83. The molecule has 0 aromatic heterocycles. The van der Waals surface area contributed by atoms with Crippen LogP contribution in [-0.2, 0) is 0 Å². The minimum Gasteiger partial charge on any atom is -0.278 e. The minimum absolute atomic E-state index is 1.09. The van der Waals surface area contributed by atoms with E-state index in [9.17, 15) is 0 Å². The zero-order chi connectivity index (χ0) is 6.10. The van der Waals surface area contributed by atoms with Crippen molar-refractivity contribution in [3.05, 3.63) is 30.5 Å². The topological polar surface area (TPSA) is 28.7 Å². The molecule has 0 aromatic rings. The number of nitrogens with zero attached hydrogens (tertiary/aromatic N) is 1. The fourth-order valence-corrected chi connectivity index (χ4v) is 0.906. The Morgan fingerprint density at radius 2 is 2.22 bits per heavy atom. The number of aromatic amines is 1. The normalized spacial score (nSPS) is 10.2. The summed E-state index contributed by atoms with van der Waals surface area (Å²) in [4.78, 5) is 0. The van der Waals surface area contributed by atoms with Gasteiger partial charge in [0.05, 0.1) is 5.69 Å². The zero-order valence-electron chi connectivity index (χ0n) is 4.83. The highest BCUT2D eigenvalue weighted by Crippen LogP contribution is 2.16. The molecule has 0 unspecified atom stereocenters. The maximum atomic E-state index is 3.86.